The van der Waals surface area contributed by atoms with Crippen LogP contribution in [-0.2, 0) is 6.42 Å². The summed E-state index contributed by atoms with van der Waals surface area (Å²) >= 11 is 0. The molecule has 1 aromatic rings. The van der Waals surface area contributed by atoms with Crippen molar-refractivity contribution in [1.29, 1.82) is 0 Å². The number of nitrogens with two attached hydrogens (primary N) is 1. The van der Waals surface area contributed by atoms with Gasteiger partial charge >= 0.3 is 0 Å². The van der Waals surface area contributed by atoms with Gasteiger partial charge in [0.2, 0.25) is 0 Å². The first-order chi connectivity index (χ1) is 4.68. The van der Waals surface area contributed by atoms with Gasteiger partial charge in [0, 0.05) is 12.1 Å². The smallest absolute Gasteiger partial charge is 0.108 e. The molecule has 0 radical (unpaired) electrons. The summed E-state index contributed by atoms with van der Waals surface area (Å²) in [6.07, 6.45) is -0.396. The van der Waals surface area contributed by atoms with Gasteiger partial charge in [-0.3, -0.25) is 5.10 Å². The molecular formula is C6H11N3O. The Morgan fingerprint density at radius 1 is 1.90 bits per heavy atom. The fraction of sp³-hybridized carbons (Fsp3) is 0.500. The van der Waals surface area contributed by atoms with Crippen LogP contribution < -0.4 is 5.73 Å². The van der Waals surface area contributed by atoms with Crippen molar-refractivity contribution in [2.75, 3.05) is 0 Å². The maximum atomic E-state index is 8.74. The molecule has 56 valence electrons. The lowest BCUT2D eigenvalue weighted by molar-refractivity contribution is 0.181. The molecule has 1 unspecified atom stereocenters. The largest absolute Gasteiger partial charge is 0.378 e. The van der Waals surface area contributed by atoms with E-state index in [2.05, 4.69) is 10.2 Å². The molecule has 0 aliphatic rings. The molecule has 1 rings (SSSR count). The first-order valence-corrected chi connectivity index (χ1v) is 3.13. The highest BCUT2D eigenvalue weighted by Crippen LogP contribution is 1.98. The number of hydrogen-bond donors (Lipinski definition) is 3. The first-order valence-electron chi connectivity index (χ1n) is 3.13. The second-order valence-electron chi connectivity index (χ2n) is 2.31. The fourth-order valence-electron chi connectivity index (χ4n) is 0.793. The zero-order valence-electron chi connectivity index (χ0n) is 5.83. The van der Waals surface area contributed by atoms with Crippen LogP contribution in [0.3, 0.4) is 0 Å². The molecule has 0 aliphatic carbocycles. The van der Waals surface area contributed by atoms with Gasteiger partial charge in [0.15, 0.2) is 0 Å². The number of rotatable bonds is 2. The zero-order chi connectivity index (χ0) is 7.56. The molecule has 0 saturated carbocycles. The SMILES string of the molecule is Cc1cc(CC(N)O)n[nH]1. The van der Waals surface area contributed by atoms with E-state index in [1.165, 1.54) is 0 Å². The molecule has 1 aromatic heterocycles. The standard InChI is InChI=1S/C6H11N3O/c1-4-2-5(9-8-4)3-6(7)10/h2,6,10H,3,7H2,1H3,(H,8,9). The van der Waals surface area contributed by atoms with Crippen molar-refractivity contribution in [1.82, 2.24) is 10.2 Å². The number of H-pyrrole nitrogens is 1. The Bertz CT molecular complexity index is 207. The monoisotopic (exact) mass is 141 g/mol. The van der Waals surface area contributed by atoms with Gasteiger partial charge in [-0.15, -0.1) is 0 Å². The van der Waals surface area contributed by atoms with Crippen LogP contribution in [0, 0.1) is 6.92 Å². The van der Waals surface area contributed by atoms with E-state index in [0.717, 1.165) is 11.4 Å². The van der Waals surface area contributed by atoms with Crippen molar-refractivity contribution >= 4 is 0 Å². The highest BCUT2D eigenvalue weighted by Gasteiger charge is 2.01. The molecule has 10 heavy (non-hydrogen) atoms. The summed E-state index contributed by atoms with van der Waals surface area (Å²) in [5.41, 5.74) is 6.92. The van der Waals surface area contributed by atoms with Gasteiger partial charge in [0.25, 0.3) is 0 Å². The molecule has 0 amide bonds. The quantitative estimate of drug-likeness (QED) is 0.488. The number of aromatic amines is 1. The van der Waals surface area contributed by atoms with Crippen molar-refractivity contribution in [2.45, 2.75) is 19.6 Å². The van der Waals surface area contributed by atoms with Crippen molar-refractivity contribution in [3.05, 3.63) is 17.5 Å². The molecule has 0 aromatic carbocycles. The van der Waals surface area contributed by atoms with Crippen molar-refractivity contribution in [3.8, 4) is 0 Å². The molecule has 0 bridgehead atoms. The Hall–Kier alpha value is -0.870. The maximum Gasteiger partial charge on any atom is 0.108 e. The number of hydrogen-bond acceptors (Lipinski definition) is 3. The topological polar surface area (TPSA) is 74.9 Å². The number of nitrogens with one attached hydrogen (secondary N) is 1. The predicted octanol–water partition coefficient (Wildman–Crippen LogP) is -0.462. The zero-order valence-corrected chi connectivity index (χ0v) is 5.83. The van der Waals surface area contributed by atoms with Crippen LogP contribution in [0.2, 0.25) is 0 Å². The van der Waals surface area contributed by atoms with Gasteiger partial charge in [-0.05, 0) is 13.0 Å². The minimum atomic E-state index is -0.803. The maximum absolute atomic E-state index is 8.74. The number of nitrogens with zero attached hydrogens (tertiary/aromatic N) is 1. The number of aryl methyl sites for hydroxylation is 1. The number of aliphatic hydroxyl groups excluding tert-OH is 1. The summed E-state index contributed by atoms with van der Waals surface area (Å²) < 4.78 is 0. The van der Waals surface area contributed by atoms with E-state index in [9.17, 15) is 0 Å². The summed E-state index contributed by atoms with van der Waals surface area (Å²) in [5, 5.41) is 15.4. The Balaban J connectivity index is 2.58. The molecule has 0 spiro atoms. The molecule has 4 nitrogen and oxygen atoms in total. The van der Waals surface area contributed by atoms with Crippen LogP contribution in [0.25, 0.3) is 0 Å². The van der Waals surface area contributed by atoms with Crippen LogP contribution >= 0.6 is 0 Å². The number of aliphatic hydroxyl groups is 1. The molecule has 0 aliphatic heterocycles. The van der Waals surface area contributed by atoms with Crippen LogP contribution in [0.15, 0.2) is 6.07 Å². The number of aromatic nitrogens is 2. The molecule has 0 fully saturated rings. The van der Waals surface area contributed by atoms with Crippen molar-refractivity contribution in [3.63, 3.8) is 0 Å². The molecule has 1 heterocycles. The summed E-state index contributed by atoms with van der Waals surface area (Å²) in [7, 11) is 0. The van der Waals surface area contributed by atoms with Gasteiger partial charge in [0.05, 0.1) is 5.69 Å². The van der Waals surface area contributed by atoms with E-state index in [0.29, 0.717) is 6.42 Å². The average Bonchev–Trinajstić information content (AvgIpc) is 2.13. The van der Waals surface area contributed by atoms with Crippen LogP contribution in [0.1, 0.15) is 11.4 Å². The highest BCUT2D eigenvalue weighted by atomic mass is 16.3. The van der Waals surface area contributed by atoms with Crippen LogP contribution in [0.5, 0.6) is 0 Å². The first kappa shape index (κ1) is 7.24. The minimum Gasteiger partial charge on any atom is -0.378 e. The van der Waals surface area contributed by atoms with Gasteiger partial charge in [0.1, 0.15) is 6.23 Å². The van der Waals surface area contributed by atoms with Crippen molar-refractivity contribution < 1.29 is 5.11 Å². The second kappa shape index (κ2) is 2.81. The van der Waals surface area contributed by atoms with E-state index in [1.54, 1.807) is 0 Å². The van der Waals surface area contributed by atoms with E-state index in [4.69, 9.17) is 10.8 Å². The fourth-order valence-corrected chi connectivity index (χ4v) is 0.793. The average molecular weight is 141 g/mol. The highest BCUT2D eigenvalue weighted by molar-refractivity contribution is 5.06. The molecule has 0 saturated heterocycles. The predicted molar refractivity (Wildman–Crippen MR) is 37.2 cm³/mol. The summed E-state index contributed by atoms with van der Waals surface area (Å²) in [6, 6.07) is 1.86. The minimum absolute atomic E-state index is 0.407. The third kappa shape index (κ3) is 1.82. The Kier molecular flexibility index (Phi) is 2.03. The normalized spacial score (nSPS) is 13.5. The Morgan fingerprint density at radius 3 is 3.00 bits per heavy atom. The van der Waals surface area contributed by atoms with Gasteiger partial charge in [-0.1, -0.05) is 0 Å². The van der Waals surface area contributed by atoms with E-state index in [-0.39, 0.29) is 0 Å². The summed E-state index contributed by atoms with van der Waals surface area (Å²) in [5.74, 6) is 0. The van der Waals surface area contributed by atoms with E-state index < -0.39 is 6.23 Å². The lowest BCUT2D eigenvalue weighted by Gasteiger charge is -1.97. The molecule has 4 N–H and O–H groups in total. The van der Waals surface area contributed by atoms with E-state index >= 15 is 0 Å². The lowest BCUT2D eigenvalue weighted by atomic mass is 10.3. The second-order valence-corrected chi connectivity index (χ2v) is 2.31. The molecular weight excluding hydrogens is 130 g/mol. The third-order valence-electron chi connectivity index (χ3n) is 1.18. The Morgan fingerprint density at radius 2 is 2.60 bits per heavy atom. The van der Waals surface area contributed by atoms with Gasteiger partial charge in [-0.25, -0.2) is 0 Å². The summed E-state index contributed by atoms with van der Waals surface area (Å²) in [6.45, 7) is 1.90. The van der Waals surface area contributed by atoms with Crippen LogP contribution in [-0.4, -0.2) is 21.5 Å². The van der Waals surface area contributed by atoms with Crippen molar-refractivity contribution in [2.24, 2.45) is 5.73 Å². The molecule has 1 atom stereocenters. The Labute approximate surface area is 59.1 Å². The third-order valence-corrected chi connectivity index (χ3v) is 1.18. The summed E-state index contributed by atoms with van der Waals surface area (Å²) in [4.78, 5) is 0. The van der Waals surface area contributed by atoms with Crippen LogP contribution in [0.4, 0.5) is 0 Å². The van der Waals surface area contributed by atoms with Gasteiger partial charge < -0.3 is 10.8 Å². The van der Waals surface area contributed by atoms with E-state index in [1.807, 2.05) is 13.0 Å². The van der Waals surface area contributed by atoms with Gasteiger partial charge in [-0.2, -0.15) is 5.10 Å². The lowest BCUT2D eigenvalue weighted by Crippen LogP contribution is -2.21. The molecule has 4 heteroatoms.